The fraction of sp³-hybridized carbons (Fsp3) is 0. The second kappa shape index (κ2) is 8.27. The lowest BCUT2D eigenvalue weighted by Gasteiger charge is -2.05. The lowest BCUT2D eigenvalue weighted by atomic mass is 10.1. The summed E-state index contributed by atoms with van der Waals surface area (Å²) in [6, 6.07) is 26.1. The standard InChI is InChI=1S/C21H15ClIN/c22-18-13-11-17(12-14-18)20(15-10-16-6-2-1-3-7-16)24-21-9-5-4-8-19(21)23/h1-15H/b15-10+,24-20?. The molecule has 0 aliphatic heterocycles. The first-order valence-corrected chi connectivity index (χ1v) is 9.00. The van der Waals surface area contributed by atoms with Crippen molar-refractivity contribution in [3.63, 3.8) is 0 Å². The molecule has 0 aromatic heterocycles. The highest BCUT2D eigenvalue weighted by Gasteiger charge is 2.03. The summed E-state index contributed by atoms with van der Waals surface area (Å²) in [5, 5.41) is 0.722. The highest BCUT2D eigenvalue weighted by atomic mass is 127. The second-order valence-electron chi connectivity index (χ2n) is 5.20. The molecule has 0 fully saturated rings. The summed E-state index contributed by atoms with van der Waals surface area (Å²) < 4.78 is 1.12. The van der Waals surface area contributed by atoms with E-state index in [-0.39, 0.29) is 0 Å². The van der Waals surface area contributed by atoms with Crippen molar-refractivity contribution in [3.05, 3.63) is 105 Å². The molecule has 3 heteroatoms. The van der Waals surface area contributed by atoms with E-state index in [1.165, 1.54) is 0 Å². The topological polar surface area (TPSA) is 12.4 Å². The summed E-state index contributed by atoms with van der Waals surface area (Å²) in [7, 11) is 0. The first-order valence-electron chi connectivity index (χ1n) is 7.55. The molecule has 0 radical (unpaired) electrons. The Morgan fingerprint density at radius 2 is 1.50 bits per heavy atom. The number of rotatable bonds is 4. The maximum absolute atomic E-state index is 6.02. The third-order valence-corrected chi connectivity index (χ3v) is 4.63. The van der Waals surface area contributed by atoms with Gasteiger partial charge in [0.1, 0.15) is 0 Å². The maximum Gasteiger partial charge on any atom is 0.0770 e. The molecule has 0 amide bonds. The SMILES string of the molecule is Clc1ccc(C(/C=C/c2ccccc2)=Nc2ccccc2I)cc1. The summed E-state index contributed by atoms with van der Waals surface area (Å²) >= 11 is 8.32. The molecule has 0 heterocycles. The summed E-state index contributed by atoms with van der Waals surface area (Å²) in [5.41, 5.74) is 4.04. The van der Waals surface area contributed by atoms with Crippen LogP contribution in [0.2, 0.25) is 5.02 Å². The Hall–Kier alpha value is -1.91. The molecular formula is C21H15ClIN. The Balaban J connectivity index is 2.02. The van der Waals surface area contributed by atoms with E-state index in [1.807, 2.05) is 66.7 Å². The summed E-state index contributed by atoms with van der Waals surface area (Å²) in [4.78, 5) is 4.85. The van der Waals surface area contributed by atoms with Gasteiger partial charge in [-0.15, -0.1) is 0 Å². The molecular weight excluding hydrogens is 429 g/mol. The summed E-state index contributed by atoms with van der Waals surface area (Å²) in [6.45, 7) is 0. The van der Waals surface area contributed by atoms with E-state index >= 15 is 0 Å². The van der Waals surface area contributed by atoms with E-state index in [9.17, 15) is 0 Å². The first-order chi connectivity index (χ1) is 11.7. The van der Waals surface area contributed by atoms with Crippen LogP contribution in [0.3, 0.4) is 0 Å². The molecule has 0 aliphatic carbocycles. The van der Waals surface area contributed by atoms with E-state index in [1.54, 1.807) is 0 Å². The van der Waals surface area contributed by atoms with Crippen LogP contribution in [0.25, 0.3) is 6.08 Å². The van der Waals surface area contributed by atoms with Crippen molar-refractivity contribution in [2.75, 3.05) is 0 Å². The largest absolute Gasteiger partial charge is 0.247 e. The average molecular weight is 444 g/mol. The van der Waals surface area contributed by atoms with Gasteiger partial charge < -0.3 is 0 Å². The van der Waals surface area contributed by atoms with Crippen molar-refractivity contribution in [2.45, 2.75) is 0 Å². The minimum atomic E-state index is 0.722. The number of hydrogen-bond acceptors (Lipinski definition) is 1. The zero-order valence-electron chi connectivity index (χ0n) is 12.9. The minimum Gasteiger partial charge on any atom is -0.247 e. The fourth-order valence-electron chi connectivity index (χ4n) is 2.23. The normalized spacial score (nSPS) is 11.8. The van der Waals surface area contributed by atoms with Crippen LogP contribution >= 0.6 is 34.2 Å². The highest BCUT2D eigenvalue weighted by Crippen LogP contribution is 2.22. The van der Waals surface area contributed by atoms with Gasteiger partial charge in [-0.2, -0.15) is 0 Å². The number of halogens is 2. The highest BCUT2D eigenvalue weighted by molar-refractivity contribution is 14.1. The van der Waals surface area contributed by atoms with Crippen molar-refractivity contribution in [1.29, 1.82) is 0 Å². The van der Waals surface area contributed by atoms with Crippen LogP contribution in [-0.4, -0.2) is 5.71 Å². The smallest absolute Gasteiger partial charge is 0.0770 e. The molecule has 0 aliphatic rings. The van der Waals surface area contributed by atoms with Crippen LogP contribution in [0.1, 0.15) is 11.1 Å². The van der Waals surface area contributed by atoms with Crippen LogP contribution in [0.4, 0.5) is 5.69 Å². The number of benzene rings is 3. The predicted molar refractivity (Wildman–Crippen MR) is 112 cm³/mol. The quantitative estimate of drug-likeness (QED) is 0.311. The Morgan fingerprint density at radius 3 is 2.21 bits per heavy atom. The van der Waals surface area contributed by atoms with Crippen molar-refractivity contribution < 1.29 is 0 Å². The second-order valence-corrected chi connectivity index (χ2v) is 6.80. The molecule has 3 aromatic rings. The van der Waals surface area contributed by atoms with Crippen molar-refractivity contribution in [1.82, 2.24) is 0 Å². The number of aliphatic imine (C=N–C) groups is 1. The van der Waals surface area contributed by atoms with Gasteiger partial charge in [-0.25, -0.2) is 4.99 Å². The summed E-state index contributed by atoms with van der Waals surface area (Å²) in [6.07, 6.45) is 4.12. The zero-order valence-corrected chi connectivity index (χ0v) is 15.8. The van der Waals surface area contributed by atoms with Gasteiger partial charge in [0.2, 0.25) is 0 Å². The number of para-hydroxylation sites is 1. The number of hydrogen-bond donors (Lipinski definition) is 0. The van der Waals surface area contributed by atoms with Gasteiger partial charge in [-0.1, -0.05) is 72.3 Å². The monoisotopic (exact) mass is 443 g/mol. The first kappa shape index (κ1) is 16.9. The van der Waals surface area contributed by atoms with Gasteiger partial charge in [-0.3, -0.25) is 0 Å². The Labute approximate surface area is 160 Å². The van der Waals surface area contributed by atoms with E-state index in [4.69, 9.17) is 16.6 Å². The van der Waals surface area contributed by atoms with Gasteiger partial charge in [0.25, 0.3) is 0 Å². The van der Waals surface area contributed by atoms with Crippen LogP contribution < -0.4 is 0 Å². The summed E-state index contributed by atoms with van der Waals surface area (Å²) in [5.74, 6) is 0. The molecule has 118 valence electrons. The molecule has 1 nitrogen and oxygen atoms in total. The Kier molecular flexibility index (Phi) is 5.83. The fourth-order valence-corrected chi connectivity index (χ4v) is 2.86. The molecule has 0 atom stereocenters. The molecule has 0 spiro atoms. The zero-order chi connectivity index (χ0) is 16.8. The Morgan fingerprint density at radius 1 is 0.833 bits per heavy atom. The van der Waals surface area contributed by atoms with Crippen molar-refractivity contribution in [2.24, 2.45) is 4.99 Å². The van der Waals surface area contributed by atoms with E-state index < -0.39 is 0 Å². The predicted octanol–water partition coefficient (Wildman–Crippen LogP) is 6.78. The van der Waals surface area contributed by atoms with Crippen molar-refractivity contribution in [3.8, 4) is 0 Å². The molecule has 0 saturated carbocycles. The molecule has 3 rings (SSSR count). The van der Waals surface area contributed by atoms with E-state index in [0.717, 1.165) is 31.1 Å². The lowest BCUT2D eigenvalue weighted by Crippen LogP contribution is -1.96. The third kappa shape index (κ3) is 4.56. The maximum atomic E-state index is 6.02. The number of nitrogens with zero attached hydrogens (tertiary/aromatic N) is 1. The van der Waals surface area contributed by atoms with Crippen LogP contribution in [0.15, 0.2) is 89.9 Å². The number of allylic oxidation sites excluding steroid dienone is 1. The molecule has 3 aromatic carbocycles. The van der Waals surface area contributed by atoms with E-state index in [0.29, 0.717) is 0 Å². The molecule has 0 unspecified atom stereocenters. The van der Waals surface area contributed by atoms with Crippen LogP contribution in [0.5, 0.6) is 0 Å². The Bertz CT molecular complexity index is 868. The van der Waals surface area contributed by atoms with Gasteiger partial charge >= 0.3 is 0 Å². The van der Waals surface area contributed by atoms with Gasteiger partial charge in [0.05, 0.1) is 11.4 Å². The lowest BCUT2D eigenvalue weighted by molar-refractivity contribution is 1.47. The van der Waals surface area contributed by atoms with Gasteiger partial charge in [0, 0.05) is 14.2 Å². The van der Waals surface area contributed by atoms with Crippen LogP contribution in [-0.2, 0) is 0 Å². The minimum absolute atomic E-state index is 0.722. The molecule has 0 bridgehead atoms. The van der Waals surface area contributed by atoms with Gasteiger partial charge in [0.15, 0.2) is 0 Å². The average Bonchev–Trinajstić information content (AvgIpc) is 2.62. The van der Waals surface area contributed by atoms with Gasteiger partial charge in [-0.05, 0) is 58.5 Å². The van der Waals surface area contributed by atoms with E-state index in [2.05, 4.69) is 46.9 Å². The third-order valence-electron chi connectivity index (χ3n) is 3.47. The van der Waals surface area contributed by atoms with Crippen molar-refractivity contribution >= 4 is 51.7 Å². The molecule has 0 N–H and O–H groups in total. The van der Waals surface area contributed by atoms with Crippen LogP contribution in [0, 0.1) is 3.57 Å². The molecule has 24 heavy (non-hydrogen) atoms. The molecule has 0 saturated heterocycles.